The van der Waals surface area contributed by atoms with Crippen molar-refractivity contribution in [3.63, 3.8) is 0 Å². The van der Waals surface area contributed by atoms with Gasteiger partial charge in [-0.15, -0.1) is 0 Å². The lowest BCUT2D eigenvalue weighted by Gasteiger charge is -2.08. The summed E-state index contributed by atoms with van der Waals surface area (Å²) in [6, 6.07) is 3.51. The molecule has 1 aromatic carbocycles. The molecule has 1 heterocycles. The number of ether oxygens (including phenoxy) is 1. The molecule has 0 bridgehead atoms. The van der Waals surface area contributed by atoms with Crippen LogP contribution in [0.1, 0.15) is 23.4 Å². The molecule has 0 unspecified atom stereocenters. The van der Waals surface area contributed by atoms with Crippen molar-refractivity contribution in [3.05, 3.63) is 46.8 Å². The van der Waals surface area contributed by atoms with E-state index < -0.39 is 11.6 Å². The van der Waals surface area contributed by atoms with Crippen molar-refractivity contribution in [2.24, 2.45) is 0 Å². The zero-order valence-electron chi connectivity index (χ0n) is 13.1. The second-order valence-corrected chi connectivity index (χ2v) is 5.18. The molecule has 0 atom stereocenters. The minimum absolute atomic E-state index is 0.257. The Labute approximate surface area is 129 Å². The topological polar surface area (TPSA) is 39.1 Å². The first-order chi connectivity index (χ1) is 10.5. The Morgan fingerprint density at radius 1 is 1.27 bits per heavy atom. The molecule has 0 aliphatic carbocycles. The zero-order chi connectivity index (χ0) is 16.1. The number of nitrogens with one attached hydrogen (secondary N) is 1. The van der Waals surface area contributed by atoms with E-state index in [0.717, 1.165) is 36.0 Å². The number of benzene rings is 1. The molecular formula is C16H21F2N3O. The van der Waals surface area contributed by atoms with Crippen molar-refractivity contribution >= 4 is 0 Å². The van der Waals surface area contributed by atoms with E-state index in [0.29, 0.717) is 13.2 Å². The van der Waals surface area contributed by atoms with Crippen molar-refractivity contribution in [1.29, 1.82) is 0 Å². The first kappa shape index (κ1) is 16.6. The van der Waals surface area contributed by atoms with Gasteiger partial charge in [0.2, 0.25) is 0 Å². The summed E-state index contributed by atoms with van der Waals surface area (Å²) in [5, 5.41) is 7.70. The van der Waals surface area contributed by atoms with Crippen LogP contribution >= 0.6 is 0 Å². The summed E-state index contributed by atoms with van der Waals surface area (Å²) in [7, 11) is 1.68. The SMILES string of the molecule is COCCCNCc1c(C)nn(-c2ccc(F)cc2F)c1C. The number of halogens is 2. The molecule has 0 radical (unpaired) electrons. The fraction of sp³-hybridized carbons (Fsp3) is 0.438. The summed E-state index contributed by atoms with van der Waals surface area (Å²) in [4.78, 5) is 0. The predicted molar refractivity (Wildman–Crippen MR) is 81.2 cm³/mol. The van der Waals surface area contributed by atoms with E-state index in [1.54, 1.807) is 7.11 Å². The van der Waals surface area contributed by atoms with Gasteiger partial charge in [-0.25, -0.2) is 13.5 Å². The number of aromatic nitrogens is 2. The molecule has 120 valence electrons. The van der Waals surface area contributed by atoms with Crippen LogP contribution < -0.4 is 5.32 Å². The summed E-state index contributed by atoms with van der Waals surface area (Å²) < 4.78 is 33.5. The molecule has 0 saturated carbocycles. The minimum Gasteiger partial charge on any atom is -0.385 e. The maximum absolute atomic E-state index is 13.9. The van der Waals surface area contributed by atoms with Gasteiger partial charge in [-0.05, 0) is 38.9 Å². The van der Waals surface area contributed by atoms with E-state index >= 15 is 0 Å². The largest absolute Gasteiger partial charge is 0.385 e. The quantitative estimate of drug-likeness (QED) is 0.799. The van der Waals surface area contributed by atoms with Crippen molar-refractivity contribution in [2.45, 2.75) is 26.8 Å². The normalized spacial score (nSPS) is 11.1. The monoisotopic (exact) mass is 309 g/mol. The molecule has 0 saturated heterocycles. The highest BCUT2D eigenvalue weighted by atomic mass is 19.1. The van der Waals surface area contributed by atoms with Gasteiger partial charge < -0.3 is 10.1 Å². The number of hydrogen-bond donors (Lipinski definition) is 1. The Morgan fingerprint density at radius 2 is 2.05 bits per heavy atom. The van der Waals surface area contributed by atoms with Crippen LogP contribution in [0.5, 0.6) is 0 Å². The van der Waals surface area contributed by atoms with E-state index in [-0.39, 0.29) is 5.69 Å². The van der Waals surface area contributed by atoms with E-state index in [4.69, 9.17) is 4.74 Å². The molecule has 0 aliphatic heterocycles. The average molecular weight is 309 g/mol. The van der Waals surface area contributed by atoms with Gasteiger partial charge in [-0.2, -0.15) is 5.10 Å². The van der Waals surface area contributed by atoms with Gasteiger partial charge in [-0.1, -0.05) is 0 Å². The van der Waals surface area contributed by atoms with Gasteiger partial charge >= 0.3 is 0 Å². The third-order valence-corrected chi connectivity index (χ3v) is 3.58. The zero-order valence-corrected chi connectivity index (χ0v) is 13.1. The molecule has 1 N–H and O–H groups in total. The summed E-state index contributed by atoms with van der Waals surface area (Å²) >= 11 is 0. The van der Waals surface area contributed by atoms with Crippen LogP contribution in [0.2, 0.25) is 0 Å². The summed E-state index contributed by atoms with van der Waals surface area (Å²) in [6.07, 6.45) is 0.926. The van der Waals surface area contributed by atoms with Crippen LogP contribution in [0.25, 0.3) is 5.69 Å². The van der Waals surface area contributed by atoms with Crippen LogP contribution in [-0.2, 0) is 11.3 Å². The lowest BCUT2D eigenvalue weighted by molar-refractivity contribution is 0.194. The third-order valence-electron chi connectivity index (χ3n) is 3.58. The van der Waals surface area contributed by atoms with Crippen LogP contribution in [-0.4, -0.2) is 30.0 Å². The van der Waals surface area contributed by atoms with Crippen molar-refractivity contribution in [1.82, 2.24) is 15.1 Å². The predicted octanol–water partition coefficient (Wildman–Crippen LogP) is 2.89. The molecule has 2 aromatic rings. The summed E-state index contributed by atoms with van der Waals surface area (Å²) in [5.41, 5.74) is 2.97. The smallest absolute Gasteiger partial charge is 0.151 e. The number of rotatable bonds is 7. The van der Waals surface area contributed by atoms with Gasteiger partial charge in [0.15, 0.2) is 5.82 Å². The molecule has 0 amide bonds. The fourth-order valence-corrected chi connectivity index (χ4v) is 2.37. The van der Waals surface area contributed by atoms with E-state index in [1.807, 2.05) is 13.8 Å². The molecule has 6 heteroatoms. The van der Waals surface area contributed by atoms with E-state index in [9.17, 15) is 8.78 Å². The highest BCUT2D eigenvalue weighted by Gasteiger charge is 2.15. The summed E-state index contributed by atoms with van der Waals surface area (Å²) in [6.45, 7) is 5.98. The number of methoxy groups -OCH3 is 1. The highest BCUT2D eigenvalue weighted by Crippen LogP contribution is 2.20. The molecule has 4 nitrogen and oxygen atoms in total. The van der Waals surface area contributed by atoms with E-state index in [1.165, 1.54) is 16.8 Å². The van der Waals surface area contributed by atoms with Gasteiger partial charge in [0, 0.05) is 37.6 Å². The molecule has 22 heavy (non-hydrogen) atoms. The molecule has 2 rings (SSSR count). The van der Waals surface area contributed by atoms with Crippen molar-refractivity contribution in [2.75, 3.05) is 20.3 Å². The maximum atomic E-state index is 13.9. The van der Waals surface area contributed by atoms with Gasteiger partial charge in [0.1, 0.15) is 11.5 Å². The van der Waals surface area contributed by atoms with Crippen LogP contribution in [0.3, 0.4) is 0 Å². The number of nitrogens with zero attached hydrogens (tertiary/aromatic N) is 2. The second kappa shape index (κ2) is 7.47. The molecule has 1 aromatic heterocycles. The average Bonchev–Trinajstić information content (AvgIpc) is 2.74. The number of hydrogen-bond acceptors (Lipinski definition) is 3. The minimum atomic E-state index is -0.620. The second-order valence-electron chi connectivity index (χ2n) is 5.18. The Bertz CT molecular complexity index is 641. The summed E-state index contributed by atoms with van der Waals surface area (Å²) in [5.74, 6) is -1.21. The number of aryl methyl sites for hydroxylation is 1. The maximum Gasteiger partial charge on any atom is 0.151 e. The molecule has 0 aliphatic rings. The van der Waals surface area contributed by atoms with Gasteiger partial charge in [0.25, 0.3) is 0 Å². The molecule has 0 fully saturated rings. The van der Waals surface area contributed by atoms with E-state index in [2.05, 4.69) is 10.4 Å². The third kappa shape index (κ3) is 3.69. The first-order valence-corrected chi connectivity index (χ1v) is 7.24. The molecule has 0 spiro atoms. The highest BCUT2D eigenvalue weighted by molar-refractivity contribution is 5.38. The van der Waals surface area contributed by atoms with Crippen LogP contribution in [0.4, 0.5) is 8.78 Å². The Balaban J connectivity index is 2.16. The Hall–Kier alpha value is -1.79. The molecular weight excluding hydrogens is 288 g/mol. The standard InChI is InChI=1S/C16H21F2N3O/c1-11-14(10-19-7-4-8-22-3)12(2)21(20-11)16-6-5-13(17)9-15(16)18/h5-6,9,19H,4,7-8,10H2,1-3H3. The first-order valence-electron chi connectivity index (χ1n) is 7.24. The van der Waals surface area contributed by atoms with Gasteiger partial charge in [0.05, 0.1) is 5.69 Å². The van der Waals surface area contributed by atoms with Crippen LogP contribution in [0.15, 0.2) is 18.2 Å². The van der Waals surface area contributed by atoms with Gasteiger partial charge in [-0.3, -0.25) is 0 Å². The Kier molecular flexibility index (Phi) is 5.63. The Morgan fingerprint density at radius 3 is 2.73 bits per heavy atom. The lowest BCUT2D eigenvalue weighted by Crippen LogP contribution is -2.17. The fourth-order valence-electron chi connectivity index (χ4n) is 2.37. The van der Waals surface area contributed by atoms with Crippen molar-refractivity contribution < 1.29 is 13.5 Å². The lowest BCUT2D eigenvalue weighted by atomic mass is 10.2. The van der Waals surface area contributed by atoms with Crippen molar-refractivity contribution in [3.8, 4) is 5.69 Å². The van der Waals surface area contributed by atoms with Crippen LogP contribution in [0, 0.1) is 25.5 Å².